The third kappa shape index (κ3) is 3.14. The number of hydrogen-bond donors (Lipinski definition) is 1. The lowest BCUT2D eigenvalue weighted by Gasteiger charge is -2.32. The number of non-ortho nitro benzene ring substituents is 1. The summed E-state index contributed by atoms with van der Waals surface area (Å²) in [4.78, 5) is 11.9. The maximum Gasteiger partial charge on any atom is 0.270 e. The van der Waals surface area contributed by atoms with Gasteiger partial charge in [-0.25, -0.2) is 13.6 Å². The van der Waals surface area contributed by atoms with Crippen molar-refractivity contribution >= 4 is 37.3 Å². The molecule has 0 atom stereocenters. The molecule has 9 heteroatoms. The Kier molecular flexibility index (Phi) is 4.33. The summed E-state index contributed by atoms with van der Waals surface area (Å²) >= 11 is 3.51. The Morgan fingerprint density at radius 3 is 2.67 bits per heavy atom. The first-order chi connectivity index (χ1) is 11.3. The second-order valence-corrected chi connectivity index (χ2v) is 7.89. The van der Waals surface area contributed by atoms with Crippen LogP contribution >= 0.6 is 15.9 Å². The van der Waals surface area contributed by atoms with Gasteiger partial charge in [-0.3, -0.25) is 10.1 Å². The van der Waals surface area contributed by atoms with Gasteiger partial charge in [0.05, 0.1) is 10.6 Å². The summed E-state index contributed by atoms with van der Waals surface area (Å²) in [7, 11) is -4.08. The molecule has 0 aromatic heterocycles. The molecule has 0 saturated heterocycles. The van der Waals surface area contributed by atoms with Gasteiger partial charge < -0.3 is 4.90 Å². The molecule has 0 fully saturated rings. The highest BCUT2D eigenvalue weighted by Crippen LogP contribution is 2.34. The molecular formula is C15H14BrN3O4S. The minimum atomic E-state index is -4.08. The molecule has 0 unspecified atom stereocenters. The van der Waals surface area contributed by atoms with Crippen LogP contribution in [0.25, 0.3) is 0 Å². The molecule has 0 bridgehead atoms. The SMILES string of the molecule is NS(=O)(=O)c1cc([N+](=O)[O-])ccc1N1CCc2cccc(Br)c2C1. The van der Waals surface area contributed by atoms with Crippen LogP contribution in [0.2, 0.25) is 0 Å². The number of nitrogens with zero attached hydrogens (tertiary/aromatic N) is 2. The van der Waals surface area contributed by atoms with Gasteiger partial charge in [0.1, 0.15) is 4.90 Å². The van der Waals surface area contributed by atoms with E-state index in [9.17, 15) is 18.5 Å². The first-order valence-corrected chi connectivity index (χ1v) is 9.44. The van der Waals surface area contributed by atoms with Gasteiger partial charge in [-0.2, -0.15) is 0 Å². The van der Waals surface area contributed by atoms with E-state index < -0.39 is 14.9 Å². The Morgan fingerprint density at radius 2 is 2.00 bits per heavy atom. The molecule has 0 spiro atoms. The van der Waals surface area contributed by atoms with E-state index in [1.807, 2.05) is 23.1 Å². The van der Waals surface area contributed by atoms with Crippen LogP contribution in [0.5, 0.6) is 0 Å². The lowest BCUT2D eigenvalue weighted by molar-refractivity contribution is -0.385. The molecule has 0 amide bonds. The molecule has 0 aliphatic carbocycles. The van der Waals surface area contributed by atoms with Gasteiger partial charge in [0.25, 0.3) is 5.69 Å². The quantitative estimate of drug-likeness (QED) is 0.616. The van der Waals surface area contributed by atoms with E-state index in [4.69, 9.17) is 5.14 Å². The number of primary sulfonamides is 1. The number of anilines is 1. The number of hydrogen-bond acceptors (Lipinski definition) is 5. The summed E-state index contributed by atoms with van der Waals surface area (Å²) in [6, 6.07) is 9.67. The second kappa shape index (κ2) is 6.15. The van der Waals surface area contributed by atoms with E-state index in [0.29, 0.717) is 18.8 Å². The van der Waals surface area contributed by atoms with Crippen LogP contribution in [0.1, 0.15) is 11.1 Å². The van der Waals surface area contributed by atoms with Gasteiger partial charge in [0, 0.05) is 29.7 Å². The minimum Gasteiger partial charge on any atom is -0.366 e. The van der Waals surface area contributed by atoms with Crippen molar-refractivity contribution in [2.45, 2.75) is 17.9 Å². The van der Waals surface area contributed by atoms with Crippen molar-refractivity contribution in [3.63, 3.8) is 0 Å². The summed E-state index contributed by atoms with van der Waals surface area (Å²) in [5.74, 6) is 0. The number of sulfonamides is 1. The molecule has 7 nitrogen and oxygen atoms in total. The second-order valence-electron chi connectivity index (χ2n) is 5.50. The van der Waals surface area contributed by atoms with Gasteiger partial charge in [0.15, 0.2) is 0 Å². The lowest BCUT2D eigenvalue weighted by atomic mass is 9.99. The predicted molar refractivity (Wildman–Crippen MR) is 93.4 cm³/mol. The van der Waals surface area contributed by atoms with E-state index in [2.05, 4.69) is 15.9 Å². The van der Waals surface area contributed by atoms with Gasteiger partial charge in [-0.15, -0.1) is 0 Å². The predicted octanol–water partition coefficient (Wildman–Crippen LogP) is 2.57. The zero-order valence-corrected chi connectivity index (χ0v) is 14.9. The Morgan fingerprint density at radius 1 is 1.25 bits per heavy atom. The number of nitrogens with two attached hydrogens (primary N) is 1. The first kappa shape index (κ1) is 16.9. The largest absolute Gasteiger partial charge is 0.366 e. The van der Waals surface area contributed by atoms with Crippen LogP contribution in [0.15, 0.2) is 45.8 Å². The summed E-state index contributed by atoms with van der Waals surface area (Å²) in [5.41, 5.74) is 2.34. The average molecular weight is 412 g/mol. The summed E-state index contributed by atoms with van der Waals surface area (Å²) < 4.78 is 24.8. The van der Waals surface area contributed by atoms with E-state index in [0.717, 1.165) is 22.5 Å². The van der Waals surface area contributed by atoms with Crippen molar-refractivity contribution in [1.82, 2.24) is 0 Å². The average Bonchev–Trinajstić information content (AvgIpc) is 2.53. The third-order valence-electron chi connectivity index (χ3n) is 4.02. The molecular weight excluding hydrogens is 398 g/mol. The van der Waals surface area contributed by atoms with Crippen molar-refractivity contribution in [3.8, 4) is 0 Å². The first-order valence-electron chi connectivity index (χ1n) is 7.10. The van der Waals surface area contributed by atoms with Gasteiger partial charge in [0.2, 0.25) is 10.0 Å². The van der Waals surface area contributed by atoms with Crippen LogP contribution in [0, 0.1) is 10.1 Å². The summed E-state index contributed by atoms with van der Waals surface area (Å²) in [6.45, 7) is 1.10. The molecule has 2 N–H and O–H groups in total. The topological polar surface area (TPSA) is 107 Å². The summed E-state index contributed by atoms with van der Waals surface area (Å²) in [5, 5.41) is 16.2. The fourth-order valence-corrected chi connectivity index (χ4v) is 4.16. The van der Waals surface area contributed by atoms with Crippen molar-refractivity contribution < 1.29 is 13.3 Å². The van der Waals surface area contributed by atoms with E-state index in [1.165, 1.54) is 17.7 Å². The lowest BCUT2D eigenvalue weighted by Crippen LogP contribution is -2.32. The Labute approximate surface area is 147 Å². The number of benzene rings is 2. The molecule has 0 saturated carbocycles. The molecule has 1 aliphatic heterocycles. The van der Waals surface area contributed by atoms with E-state index in [1.54, 1.807) is 0 Å². The van der Waals surface area contributed by atoms with E-state index in [-0.39, 0.29) is 10.6 Å². The van der Waals surface area contributed by atoms with Crippen molar-refractivity contribution in [3.05, 3.63) is 62.1 Å². The van der Waals surface area contributed by atoms with Crippen LogP contribution in [-0.2, 0) is 23.0 Å². The standard InChI is InChI=1S/C15H14BrN3O4S/c16-13-3-1-2-10-6-7-18(9-12(10)13)14-5-4-11(19(20)21)8-15(14)24(17,22)23/h1-5,8H,6-7,9H2,(H2,17,22,23). The van der Waals surface area contributed by atoms with Gasteiger partial charge >= 0.3 is 0 Å². The molecule has 126 valence electrons. The molecule has 2 aromatic rings. The number of nitro benzene ring substituents is 1. The fraction of sp³-hybridized carbons (Fsp3) is 0.200. The number of rotatable bonds is 3. The molecule has 2 aromatic carbocycles. The third-order valence-corrected chi connectivity index (χ3v) is 5.70. The molecule has 24 heavy (non-hydrogen) atoms. The van der Waals surface area contributed by atoms with Crippen LogP contribution < -0.4 is 10.0 Å². The molecule has 1 aliphatic rings. The maximum absolute atomic E-state index is 11.9. The fourth-order valence-electron chi connectivity index (χ4n) is 2.85. The van der Waals surface area contributed by atoms with Crippen molar-refractivity contribution in [2.24, 2.45) is 5.14 Å². The van der Waals surface area contributed by atoms with Crippen molar-refractivity contribution in [2.75, 3.05) is 11.4 Å². The normalized spacial score (nSPS) is 14.3. The monoisotopic (exact) mass is 411 g/mol. The highest BCUT2D eigenvalue weighted by atomic mass is 79.9. The van der Waals surface area contributed by atoms with Crippen LogP contribution in [0.4, 0.5) is 11.4 Å². The number of fused-ring (bicyclic) bond motifs is 1. The highest BCUT2D eigenvalue weighted by Gasteiger charge is 2.25. The van der Waals surface area contributed by atoms with E-state index >= 15 is 0 Å². The Balaban J connectivity index is 2.07. The van der Waals surface area contributed by atoms with Crippen LogP contribution in [-0.4, -0.2) is 19.9 Å². The highest BCUT2D eigenvalue weighted by molar-refractivity contribution is 9.10. The maximum atomic E-state index is 11.9. The summed E-state index contributed by atoms with van der Waals surface area (Å²) in [6.07, 6.45) is 0.746. The Bertz CT molecular complexity index is 930. The molecule has 3 rings (SSSR count). The minimum absolute atomic E-state index is 0.229. The zero-order valence-electron chi connectivity index (χ0n) is 12.5. The van der Waals surface area contributed by atoms with Crippen molar-refractivity contribution in [1.29, 1.82) is 0 Å². The number of halogens is 1. The number of nitro groups is 1. The molecule has 1 heterocycles. The Hall–Kier alpha value is -1.97. The van der Waals surface area contributed by atoms with Gasteiger partial charge in [-0.05, 0) is 29.7 Å². The zero-order chi connectivity index (χ0) is 17.5. The smallest absolute Gasteiger partial charge is 0.270 e. The van der Waals surface area contributed by atoms with Gasteiger partial charge in [-0.1, -0.05) is 28.1 Å². The molecule has 0 radical (unpaired) electrons. The van der Waals surface area contributed by atoms with Crippen LogP contribution in [0.3, 0.4) is 0 Å².